The van der Waals surface area contributed by atoms with E-state index in [1.807, 2.05) is 30.3 Å². The molecule has 2 aromatic carbocycles. The van der Waals surface area contributed by atoms with Gasteiger partial charge in [0.05, 0.1) is 23.4 Å². The van der Waals surface area contributed by atoms with Crippen molar-refractivity contribution in [3.63, 3.8) is 0 Å². The SMILES string of the molecule is O=C(c1ccccc1C(F)(F)F)N(CCc1ccccc1)Cc1ccccn1. The molecule has 6 heteroatoms. The van der Waals surface area contributed by atoms with Crippen LogP contribution < -0.4 is 0 Å². The molecule has 0 saturated carbocycles. The minimum Gasteiger partial charge on any atom is -0.332 e. The van der Waals surface area contributed by atoms with Crippen LogP contribution >= 0.6 is 0 Å². The molecular formula is C22H19F3N2O. The quantitative estimate of drug-likeness (QED) is 0.600. The van der Waals surface area contributed by atoms with Crippen LogP contribution in [0.15, 0.2) is 79.0 Å². The van der Waals surface area contributed by atoms with Crippen LogP contribution in [0.25, 0.3) is 0 Å². The highest BCUT2D eigenvalue weighted by Gasteiger charge is 2.35. The van der Waals surface area contributed by atoms with E-state index in [1.54, 1.807) is 24.4 Å². The number of alkyl halides is 3. The van der Waals surface area contributed by atoms with Gasteiger partial charge in [0.15, 0.2) is 0 Å². The van der Waals surface area contributed by atoms with E-state index in [-0.39, 0.29) is 18.7 Å². The lowest BCUT2D eigenvalue weighted by Gasteiger charge is -2.24. The molecule has 0 unspecified atom stereocenters. The van der Waals surface area contributed by atoms with Gasteiger partial charge in [-0.25, -0.2) is 0 Å². The molecule has 0 spiro atoms. The van der Waals surface area contributed by atoms with Crippen molar-refractivity contribution in [3.8, 4) is 0 Å². The number of amides is 1. The van der Waals surface area contributed by atoms with Crippen molar-refractivity contribution >= 4 is 5.91 Å². The molecule has 0 aliphatic heterocycles. The fourth-order valence-electron chi connectivity index (χ4n) is 2.94. The first-order valence-corrected chi connectivity index (χ1v) is 8.84. The molecule has 3 aromatic rings. The third-order valence-corrected chi connectivity index (χ3v) is 4.34. The average molecular weight is 384 g/mol. The Morgan fingerprint density at radius 3 is 2.25 bits per heavy atom. The molecule has 3 rings (SSSR count). The summed E-state index contributed by atoms with van der Waals surface area (Å²) in [4.78, 5) is 18.7. The molecule has 0 fully saturated rings. The fraction of sp³-hybridized carbons (Fsp3) is 0.182. The minimum absolute atomic E-state index is 0.138. The molecule has 0 radical (unpaired) electrons. The summed E-state index contributed by atoms with van der Waals surface area (Å²) in [7, 11) is 0. The van der Waals surface area contributed by atoms with Gasteiger partial charge in [-0.1, -0.05) is 48.5 Å². The number of rotatable bonds is 6. The molecule has 0 aliphatic carbocycles. The number of carbonyl (C=O) groups is 1. The van der Waals surface area contributed by atoms with Crippen molar-refractivity contribution < 1.29 is 18.0 Å². The summed E-state index contributed by atoms with van der Waals surface area (Å²) in [6.07, 6.45) is -2.46. The van der Waals surface area contributed by atoms with Gasteiger partial charge in [-0.15, -0.1) is 0 Å². The number of pyridine rings is 1. The monoisotopic (exact) mass is 384 g/mol. The van der Waals surface area contributed by atoms with Crippen molar-refractivity contribution in [2.45, 2.75) is 19.1 Å². The van der Waals surface area contributed by atoms with Crippen molar-refractivity contribution in [3.05, 3.63) is 101 Å². The maximum Gasteiger partial charge on any atom is 0.417 e. The zero-order valence-electron chi connectivity index (χ0n) is 15.1. The lowest BCUT2D eigenvalue weighted by molar-refractivity contribution is -0.138. The van der Waals surface area contributed by atoms with Gasteiger partial charge in [-0.3, -0.25) is 9.78 Å². The fourth-order valence-corrected chi connectivity index (χ4v) is 2.94. The Labute approximate surface area is 161 Å². The Kier molecular flexibility index (Phi) is 6.09. The summed E-state index contributed by atoms with van der Waals surface area (Å²) < 4.78 is 40.1. The Bertz CT molecular complexity index is 912. The Hall–Kier alpha value is -3.15. The molecule has 1 amide bonds. The van der Waals surface area contributed by atoms with E-state index in [1.165, 1.54) is 23.1 Å². The van der Waals surface area contributed by atoms with Crippen molar-refractivity contribution in [2.75, 3.05) is 6.54 Å². The molecule has 0 N–H and O–H groups in total. The minimum atomic E-state index is -4.59. The second kappa shape index (κ2) is 8.69. The summed E-state index contributed by atoms with van der Waals surface area (Å²) in [6, 6.07) is 19.7. The molecule has 1 heterocycles. The van der Waals surface area contributed by atoms with Crippen LogP contribution in [0.3, 0.4) is 0 Å². The van der Waals surface area contributed by atoms with Gasteiger partial charge in [0.25, 0.3) is 5.91 Å². The van der Waals surface area contributed by atoms with Gasteiger partial charge in [0.2, 0.25) is 0 Å². The van der Waals surface area contributed by atoms with Crippen LogP contribution in [0.2, 0.25) is 0 Å². The van der Waals surface area contributed by atoms with Gasteiger partial charge in [-0.05, 0) is 36.2 Å². The van der Waals surface area contributed by atoms with Crippen LogP contribution in [0.5, 0.6) is 0 Å². The Morgan fingerprint density at radius 2 is 1.57 bits per heavy atom. The first-order valence-electron chi connectivity index (χ1n) is 8.84. The third kappa shape index (κ3) is 4.97. The molecule has 0 bridgehead atoms. The highest BCUT2D eigenvalue weighted by Crippen LogP contribution is 2.32. The summed E-state index contributed by atoms with van der Waals surface area (Å²) in [5.74, 6) is -0.658. The van der Waals surface area contributed by atoms with E-state index in [0.29, 0.717) is 12.1 Å². The van der Waals surface area contributed by atoms with Crippen LogP contribution in [0.4, 0.5) is 13.2 Å². The van der Waals surface area contributed by atoms with E-state index < -0.39 is 17.6 Å². The van der Waals surface area contributed by atoms with Crippen LogP contribution in [0.1, 0.15) is 27.2 Å². The van der Waals surface area contributed by atoms with Crippen LogP contribution in [0, 0.1) is 0 Å². The molecule has 0 saturated heterocycles. The predicted molar refractivity (Wildman–Crippen MR) is 101 cm³/mol. The number of halogens is 3. The second-order valence-electron chi connectivity index (χ2n) is 6.33. The standard InChI is InChI=1S/C22H19F3N2O/c23-22(24,25)20-12-5-4-11-19(20)21(28)27(16-18-10-6-7-14-26-18)15-13-17-8-2-1-3-9-17/h1-12,14H,13,15-16H2. The van der Waals surface area contributed by atoms with Gasteiger partial charge in [-0.2, -0.15) is 13.2 Å². The van der Waals surface area contributed by atoms with Gasteiger partial charge in [0, 0.05) is 12.7 Å². The van der Waals surface area contributed by atoms with E-state index in [9.17, 15) is 18.0 Å². The maximum absolute atomic E-state index is 13.4. The third-order valence-electron chi connectivity index (χ3n) is 4.34. The lowest BCUT2D eigenvalue weighted by atomic mass is 10.0. The first kappa shape index (κ1) is 19.6. The van der Waals surface area contributed by atoms with Crippen LogP contribution in [-0.2, 0) is 19.1 Å². The molecule has 144 valence electrons. The van der Waals surface area contributed by atoms with Gasteiger partial charge in [0.1, 0.15) is 0 Å². The molecule has 1 aromatic heterocycles. The summed E-state index contributed by atoms with van der Waals surface area (Å²) in [5, 5.41) is 0. The zero-order chi connectivity index (χ0) is 20.0. The smallest absolute Gasteiger partial charge is 0.332 e. The van der Waals surface area contributed by atoms with Crippen LogP contribution in [-0.4, -0.2) is 22.3 Å². The molecule has 3 nitrogen and oxygen atoms in total. The number of nitrogens with zero attached hydrogens (tertiary/aromatic N) is 2. The molecule has 28 heavy (non-hydrogen) atoms. The largest absolute Gasteiger partial charge is 0.417 e. The number of benzene rings is 2. The van der Waals surface area contributed by atoms with E-state index in [0.717, 1.165) is 11.6 Å². The van der Waals surface area contributed by atoms with Crippen molar-refractivity contribution in [1.82, 2.24) is 9.88 Å². The normalized spacial score (nSPS) is 11.2. The van der Waals surface area contributed by atoms with Gasteiger partial charge < -0.3 is 4.90 Å². The highest BCUT2D eigenvalue weighted by molar-refractivity contribution is 5.95. The summed E-state index contributed by atoms with van der Waals surface area (Å²) >= 11 is 0. The predicted octanol–water partition coefficient (Wildman–Crippen LogP) is 4.99. The van der Waals surface area contributed by atoms with Crippen molar-refractivity contribution in [1.29, 1.82) is 0 Å². The van der Waals surface area contributed by atoms with E-state index in [4.69, 9.17) is 0 Å². The maximum atomic E-state index is 13.4. The highest BCUT2D eigenvalue weighted by atomic mass is 19.4. The number of hydrogen-bond donors (Lipinski definition) is 0. The average Bonchev–Trinajstić information content (AvgIpc) is 2.71. The number of aromatic nitrogens is 1. The van der Waals surface area contributed by atoms with Crippen molar-refractivity contribution in [2.24, 2.45) is 0 Å². The lowest BCUT2D eigenvalue weighted by Crippen LogP contribution is -2.34. The first-order chi connectivity index (χ1) is 13.4. The van der Waals surface area contributed by atoms with E-state index >= 15 is 0 Å². The van der Waals surface area contributed by atoms with Gasteiger partial charge >= 0.3 is 6.18 Å². The second-order valence-corrected chi connectivity index (χ2v) is 6.33. The molecular weight excluding hydrogens is 365 g/mol. The topological polar surface area (TPSA) is 33.2 Å². The number of hydrogen-bond acceptors (Lipinski definition) is 2. The number of carbonyl (C=O) groups excluding carboxylic acids is 1. The Balaban J connectivity index is 1.88. The molecule has 0 aliphatic rings. The summed E-state index contributed by atoms with van der Waals surface area (Å²) in [6.45, 7) is 0.421. The Morgan fingerprint density at radius 1 is 0.893 bits per heavy atom. The zero-order valence-corrected chi connectivity index (χ0v) is 15.1. The molecule has 0 atom stereocenters. The summed E-state index contributed by atoms with van der Waals surface area (Å²) in [5.41, 5.74) is 0.351. The van der Waals surface area contributed by atoms with E-state index in [2.05, 4.69) is 4.98 Å².